The first-order valence-corrected chi connectivity index (χ1v) is 4.44. The van der Waals surface area contributed by atoms with E-state index in [1.165, 1.54) is 0 Å². The van der Waals surface area contributed by atoms with Crippen molar-refractivity contribution in [1.29, 1.82) is 0 Å². The van der Waals surface area contributed by atoms with E-state index in [4.69, 9.17) is 0 Å². The number of aromatic nitrogens is 1. The third kappa shape index (κ3) is 3.31. The van der Waals surface area contributed by atoms with Gasteiger partial charge < -0.3 is 15.4 Å². The number of aryl methyl sites for hydroxylation is 2. The van der Waals surface area contributed by atoms with Crippen molar-refractivity contribution in [3.05, 3.63) is 23.0 Å². The third-order valence-corrected chi connectivity index (χ3v) is 1.90. The fraction of sp³-hybridized carbons (Fsp3) is 0.400. The normalized spacial score (nSPS) is 9.27. The topological polar surface area (TPSA) is 62.2 Å². The maximum atomic E-state index is 11.4. The molecule has 1 heterocycles. The first-order valence-electron chi connectivity index (χ1n) is 4.44. The molecule has 0 aliphatic carbocycles. The monoisotopic (exact) mass is 377 g/mol. The van der Waals surface area contributed by atoms with E-state index in [2.05, 4.69) is 16.4 Å². The van der Waals surface area contributed by atoms with Crippen molar-refractivity contribution in [3.8, 4) is 5.75 Å². The van der Waals surface area contributed by atoms with Crippen molar-refractivity contribution in [1.82, 2.24) is 10.3 Å². The Morgan fingerprint density at radius 3 is 2.67 bits per heavy atom. The van der Waals surface area contributed by atoms with Crippen LogP contribution >= 0.6 is 0 Å². The van der Waals surface area contributed by atoms with Crippen LogP contribution < -0.4 is 5.32 Å². The van der Waals surface area contributed by atoms with Gasteiger partial charge in [0.2, 0.25) is 5.91 Å². The minimum atomic E-state index is -0.371. The van der Waals surface area contributed by atoms with Gasteiger partial charge in [-0.05, 0) is 6.92 Å². The summed E-state index contributed by atoms with van der Waals surface area (Å²) in [5, 5.41) is 12.0. The molecule has 0 saturated heterocycles. The molecule has 82 valence electrons. The minimum Gasteiger partial charge on any atom is -0.532 e. The summed E-state index contributed by atoms with van der Waals surface area (Å²) >= 11 is 0. The van der Waals surface area contributed by atoms with Crippen LogP contribution in [-0.4, -0.2) is 22.5 Å². The Morgan fingerprint density at radius 2 is 2.13 bits per heavy atom. The van der Waals surface area contributed by atoms with Gasteiger partial charge in [0, 0.05) is 33.4 Å². The number of amides is 1. The standard InChI is InChI=1S/C10H13N2O2.W/c1-4-11-10(14)9-8(13)5-6(2)7(3)12-9;/h13H,4H2,1-3H3,(H,11,14);/q-1;. The van der Waals surface area contributed by atoms with Gasteiger partial charge in [-0.3, -0.25) is 4.79 Å². The first kappa shape index (κ1) is 14.1. The summed E-state index contributed by atoms with van der Waals surface area (Å²) in [6.07, 6.45) is 0. The molecule has 0 aliphatic rings. The smallest absolute Gasteiger partial charge is 0.216 e. The van der Waals surface area contributed by atoms with Crippen molar-refractivity contribution < 1.29 is 31.0 Å². The molecule has 0 fully saturated rings. The van der Waals surface area contributed by atoms with Crippen LogP contribution in [0.15, 0.2) is 0 Å². The molecule has 0 atom stereocenters. The van der Waals surface area contributed by atoms with Crippen molar-refractivity contribution in [2.45, 2.75) is 20.8 Å². The molecule has 2 N–H and O–H groups in total. The van der Waals surface area contributed by atoms with E-state index in [1.807, 2.05) is 0 Å². The van der Waals surface area contributed by atoms with Gasteiger partial charge in [0.15, 0.2) is 0 Å². The van der Waals surface area contributed by atoms with Gasteiger partial charge in [-0.1, -0.05) is 19.5 Å². The number of carbonyl (C=O) groups excluding carboxylic acids is 1. The average Bonchev–Trinajstić information content (AvgIpc) is 2.11. The SMILES string of the molecule is CCNC(=O)c1nc(C)c(C)[c-]c1O.[W]. The van der Waals surface area contributed by atoms with Gasteiger partial charge in [-0.15, -0.1) is 11.6 Å². The Kier molecular flexibility index (Phi) is 5.51. The largest absolute Gasteiger partial charge is 0.532 e. The maximum Gasteiger partial charge on any atom is 0.216 e. The molecule has 5 heteroatoms. The Hall–Kier alpha value is -0.892. The molecule has 0 saturated carbocycles. The van der Waals surface area contributed by atoms with Crippen LogP contribution in [0.1, 0.15) is 28.7 Å². The zero-order valence-corrected chi connectivity index (χ0v) is 11.9. The van der Waals surface area contributed by atoms with Crippen LogP contribution in [0.25, 0.3) is 0 Å². The third-order valence-electron chi connectivity index (χ3n) is 1.90. The van der Waals surface area contributed by atoms with Gasteiger partial charge in [0.05, 0.1) is 5.69 Å². The van der Waals surface area contributed by atoms with E-state index < -0.39 is 0 Å². The van der Waals surface area contributed by atoms with E-state index in [9.17, 15) is 9.90 Å². The zero-order chi connectivity index (χ0) is 10.7. The first-order chi connectivity index (χ1) is 6.56. The van der Waals surface area contributed by atoms with Crippen molar-refractivity contribution in [2.75, 3.05) is 6.54 Å². The predicted octanol–water partition coefficient (Wildman–Crippen LogP) is 0.951. The summed E-state index contributed by atoms with van der Waals surface area (Å²) < 4.78 is 0. The number of hydrogen-bond donors (Lipinski definition) is 2. The Morgan fingerprint density at radius 1 is 1.53 bits per heavy atom. The van der Waals surface area contributed by atoms with Gasteiger partial charge in [0.1, 0.15) is 0 Å². The van der Waals surface area contributed by atoms with Crippen molar-refractivity contribution in [3.63, 3.8) is 0 Å². The molecule has 0 radical (unpaired) electrons. The van der Waals surface area contributed by atoms with Gasteiger partial charge in [-0.2, -0.15) is 0 Å². The van der Waals surface area contributed by atoms with Crippen LogP contribution in [0.2, 0.25) is 0 Å². The number of hydrogen-bond acceptors (Lipinski definition) is 3. The van der Waals surface area contributed by atoms with Crippen LogP contribution in [0.3, 0.4) is 0 Å². The molecular weight excluding hydrogens is 364 g/mol. The summed E-state index contributed by atoms with van der Waals surface area (Å²) in [6, 6.07) is 2.68. The second kappa shape index (κ2) is 5.86. The Balaban J connectivity index is 0.00000196. The molecule has 0 aliphatic heterocycles. The van der Waals surface area contributed by atoms with Crippen LogP contribution in [0.4, 0.5) is 0 Å². The Labute approximate surface area is 103 Å². The van der Waals surface area contributed by atoms with Crippen LogP contribution in [0, 0.1) is 19.9 Å². The second-order valence-corrected chi connectivity index (χ2v) is 3.00. The fourth-order valence-electron chi connectivity index (χ4n) is 1.03. The summed E-state index contributed by atoms with van der Waals surface area (Å²) in [5.41, 5.74) is 1.48. The molecule has 15 heavy (non-hydrogen) atoms. The molecule has 4 nitrogen and oxygen atoms in total. The molecule has 0 bridgehead atoms. The number of pyridine rings is 1. The molecule has 0 spiro atoms. The van der Waals surface area contributed by atoms with Gasteiger partial charge in [0.25, 0.3) is 0 Å². The number of nitrogens with zero attached hydrogens (tertiary/aromatic N) is 1. The molecule has 0 unspecified atom stereocenters. The van der Waals surface area contributed by atoms with E-state index in [1.54, 1.807) is 20.8 Å². The quantitative estimate of drug-likeness (QED) is 0.755. The van der Waals surface area contributed by atoms with Crippen LogP contribution in [-0.2, 0) is 21.1 Å². The molecule has 1 aromatic heterocycles. The van der Waals surface area contributed by atoms with Crippen LogP contribution in [0.5, 0.6) is 5.75 Å². The van der Waals surface area contributed by atoms with E-state index in [0.717, 1.165) is 5.56 Å². The van der Waals surface area contributed by atoms with E-state index in [-0.39, 0.29) is 38.4 Å². The summed E-state index contributed by atoms with van der Waals surface area (Å²) in [6.45, 7) is 5.87. The molecule has 0 aromatic carbocycles. The summed E-state index contributed by atoms with van der Waals surface area (Å²) in [4.78, 5) is 15.4. The van der Waals surface area contributed by atoms with Crippen molar-refractivity contribution in [2.24, 2.45) is 0 Å². The van der Waals surface area contributed by atoms with E-state index >= 15 is 0 Å². The minimum absolute atomic E-state index is 0. The van der Waals surface area contributed by atoms with Gasteiger partial charge >= 0.3 is 0 Å². The summed E-state index contributed by atoms with van der Waals surface area (Å²) in [7, 11) is 0. The number of aromatic hydroxyl groups is 1. The zero-order valence-electron chi connectivity index (χ0n) is 8.92. The molecule has 1 aromatic rings. The van der Waals surface area contributed by atoms with Crippen molar-refractivity contribution >= 4 is 5.91 Å². The average molecular weight is 377 g/mol. The van der Waals surface area contributed by atoms with Gasteiger partial charge in [-0.25, -0.2) is 0 Å². The molecule has 1 amide bonds. The fourth-order valence-corrected chi connectivity index (χ4v) is 1.03. The molecular formula is C10H13N2O2W-. The Bertz CT molecular complexity index is 367. The number of carbonyl (C=O) groups is 1. The maximum absolute atomic E-state index is 11.4. The second-order valence-electron chi connectivity index (χ2n) is 3.00. The molecule has 1 rings (SSSR count). The number of rotatable bonds is 2. The van der Waals surface area contributed by atoms with E-state index in [0.29, 0.717) is 12.2 Å². The predicted molar refractivity (Wildman–Crippen MR) is 52.2 cm³/mol. The summed E-state index contributed by atoms with van der Waals surface area (Å²) in [5.74, 6) is -0.566. The number of nitrogens with one attached hydrogen (secondary N) is 1.